The summed E-state index contributed by atoms with van der Waals surface area (Å²) in [5, 5.41) is 8.90. The second-order valence-corrected chi connectivity index (χ2v) is 6.68. The summed E-state index contributed by atoms with van der Waals surface area (Å²) in [5.74, 6) is 1.36. The number of fused-ring (bicyclic) bond motifs is 1. The lowest BCUT2D eigenvalue weighted by atomic mass is 10.2. The van der Waals surface area contributed by atoms with Crippen molar-refractivity contribution in [2.24, 2.45) is 5.73 Å². The maximum Gasteiger partial charge on any atom is 0.316 e. The van der Waals surface area contributed by atoms with Gasteiger partial charge in [0.1, 0.15) is 16.3 Å². The fourth-order valence-electron chi connectivity index (χ4n) is 2.63. The number of hydrogen-bond donors (Lipinski definition) is 3. The Kier molecular flexibility index (Phi) is 4.63. The van der Waals surface area contributed by atoms with Gasteiger partial charge >= 0.3 is 6.03 Å². The van der Waals surface area contributed by atoms with Crippen LogP contribution in [0.15, 0.2) is 60.1 Å². The van der Waals surface area contributed by atoms with E-state index in [1.807, 2.05) is 41.8 Å². The van der Waals surface area contributed by atoms with E-state index in [-0.39, 0.29) is 0 Å². The lowest BCUT2D eigenvalue weighted by Crippen LogP contribution is -2.19. The maximum atomic E-state index is 10.9. The van der Waals surface area contributed by atoms with E-state index in [0.717, 1.165) is 27.3 Å². The molecule has 8 heteroatoms. The highest BCUT2D eigenvalue weighted by Gasteiger charge is 2.11. The molecular formula is C19H16N6OS. The van der Waals surface area contributed by atoms with E-state index >= 15 is 0 Å². The number of nitrogens with two attached hydrogens (primary N) is 1. The Balaban J connectivity index is 1.58. The number of primary amides is 1. The molecule has 4 aromatic rings. The van der Waals surface area contributed by atoms with E-state index in [4.69, 9.17) is 5.73 Å². The SMILES string of the molecule is NC(=O)Nc1ccc(CNc2nc(-c3ccccn3)nc3sccc23)cc1. The summed E-state index contributed by atoms with van der Waals surface area (Å²) in [5.41, 5.74) is 7.56. The lowest BCUT2D eigenvalue weighted by molar-refractivity contribution is 0.259. The van der Waals surface area contributed by atoms with Crippen molar-refractivity contribution in [2.45, 2.75) is 6.54 Å². The van der Waals surface area contributed by atoms with Gasteiger partial charge < -0.3 is 16.4 Å². The predicted molar refractivity (Wildman–Crippen MR) is 108 cm³/mol. The topological polar surface area (TPSA) is 106 Å². The van der Waals surface area contributed by atoms with Crippen molar-refractivity contribution < 1.29 is 4.79 Å². The molecule has 0 unspecified atom stereocenters. The number of pyridine rings is 1. The number of amides is 2. The molecule has 0 radical (unpaired) electrons. The zero-order valence-electron chi connectivity index (χ0n) is 14.2. The quantitative estimate of drug-likeness (QED) is 0.490. The standard InChI is InChI=1S/C19H16N6OS/c20-19(26)23-13-6-4-12(5-7-13)11-22-16-14-8-10-27-18(14)25-17(24-16)15-3-1-2-9-21-15/h1-10H,11H2,(H3,20,23,26)(H,22,24,25). The second-order valence-electron chi connectivity index (χ2n) is 5.79. The van der Waals surface area contributed by atoms with Crippen LogP contribution >= 0.6 is 11.3 Å². The number of hydrogen-bond acceptors (Lipinski definition) is 6. The van der Waals surface area contributed by atoms with Gasteiger partial charge in [-0.05, 0) is 41.3 Å². The number of urea groups is 1. The number of rotatable bonds is 5. The molecule has 4 N–H and O–H groups in total. The largest absolute Gasteiger partial charge is 0.365 e. The molecule has 134 valence electrons. The van der Waals surface area contributed by atoms with Crippen molar-refractivity contribution in [3.05, 3.63) is 65.7 Å². The van der Waals surface area contributed by atoms with Gasteiger partial charge in [0.05, 0.1) is 5.39 Å². The first kappa shape index (κ1) is 16.9. The number of benzene rings is 1. The fourth-order valence-corrected chi connectivity index (χ4v) is 3.40. The van der Waals surface area contributed by atoms with Gasteiger partial charge in [-0.3, -0.25) is 4.98 Å². The number of carbonyl (C=O) groups is 1. The van der Waals surface area contributed by atoms with Crippen molar-refractivity contribution in [1.82, 2.24) is 15.0 Å². The van der Waals surface area contributed by atoms with Crippen LogP contribution in [0.3, 0.4) is 0 Å². The third-order valence-electron chi connectivity index (χ3n) is 3.90. The third kappa shape index (κ3) is 3.85. The molecule has 3 heterocycles. The van der Waals surface area contributed by atoms with Crippen molar-refractivity contribution in [3.8, 4) is 11.5 Å². The zero-order chi connectivity index (χ0) is 18.6. The fraction of sp³-hybridized carbons (Fsp3) is 0.0526. The molecule has 0 fully saturated rings. The van der Waals surface area contributed by atoms with Crippen LogP contribution in [0.5, 0.6) is 0 Å². The summed E-state index contributed by atoms with van der Waals surface area (Å²) in [6, 6.07) is 14.6. The first-order valence-corrected chi connectivity index (χ1v) is 9.13. The van der Waals surface area contributed by atoms with Gasteiger partial charge in [-0.1, -0.05) is 18.2 Å². The number of nitrogens with zero attached hydrogens (tertiary/aromatic N) is 3. The predicted octanol–water partition coefficient (Wildman–Crippen LogP) is 3.86. The Bertz CT molecular complexity index is 1080. The number of anilines is 2. The highest BCUT2D eigenvalue weighted by atomic mass is 32.1. The number of carbonyl (C=O) groups excluding carboxylic acids is 1. The molecule has 0 saturated carbocycles. The van der Waals surface area contributed by atoms with Crippen LogP contribution in [0.1, 0.15) is 5.56 Å². The van der Waals surface area contributed by atoms with Gasteiger partial charge in [0.25, 0.3) is 0 Å². The van der Waals surface area contributed by atoms with Gasteiger partial charge in [0.2, 0.25) is 0 Å². The molecule has 0 atom stereocenters. The van der Waals surface area contributed by atoms with Gasteiger partial charge in [-0.15, -0.1) is 11.3 Å². The first-order chi connectivity index (χ1) is 13.2. The molecule has 3 aromatic heterocycles. The molecule has 0 aliphatic heterocycles. The number of nitrogens with one attached hydrogen (secondary N) is 2. The minimum absolute atomic E-state index is 0.580. The highest BCUT2D eigenvalue weighted by Crippen LogP contribution is 2.28. The van der Waals surface area contributed by atoms with Crippen LogP contribution in [0.4, 0.5) is 16.3 Å². The number of thiophene rings is 1. The summed E-state index contributed by atoms with van der Waals surface area (Å²) in [6.45, 7) is 0.584. The Morgan fingerprint density at radius 2 is 1.93 bits per heavy atom. The first-order valence-electron chi connectivity index (χ1n) is 8.25. The van der Waals surface area contributed by atoms with Crippen LogP contribution in [0, 0.1) is 0 Å². The normalized spacial score (nSPS) is 10.7. The molecule has 0 aliphatic carbocycles. The molecule has 7 nitrogen and oxygen atoms in total. The van der Waals surface area contributed by atoms with Gasteiger partial charge in [0.15, 0.2) is 5.82 Å². The van der Waals surface area contributed by atoms with Crippen LogP contribution in [0.2, 0.25) is 0 Å². The smallest absolute Gasteiger partial charge is 0.316 e. The van der Waals surface area contributed by atoms with E-state index in [1.54, 1.807) is 29.7 Å². The molecule has 2 amide bonds. The van der Waals surface area contributed by atoms with Crippen molar-refractivity contribution in [1.29, 1.82) is 0 Å². The van der Waals surface area contributed by atoms with Gasteiger partial charge in [-0.25, -0.2) is 14.8 Å². The highest BCUT2D eigenvalue weighted by molar-refractivity contribution is 7.16. The zero-order valence-corrected chi connectivity index (χ0v) is 15.0. The summed E-state index contributed by atoms with van der Waals surface area (Å²) < 4.78 is 0. The second kappa shape index (κ2) is 7.38. The molecule has 0 saturated heterocycles. The summed E-state index contributed by atoms with van der Waals surface area (Å²) in [4.78, 5) is 25.4. The number of aromatic nitrogens is 3. The van der Waals surface area contributed by atoms with Crippen molar-refractivity contribution in [3.63, 3.8) is 0 Å². The monoisotopic (exact) mass is 376 g/mol. The van der Waals surface area contributed by atoms with Crippen LogP contribution < -0.4 is 16.4 Å². The van der Waals surface area contributed by atoms with E-state index < -0.39 is 6.03 Å². The molecule has 0 aliphatic rings. The average Bonchev–Trinajstić information content (AvgIpc) is 3.16. The van der Waals surface area contributed by atoms with E-state index in [0.29, 0.717) is 18.1 Å². The molecule has 4 rings (SSSR count). The third-order valence-corrected chi connectivity index (χ3v) is 4.71. The maximum absolute atomic E-state index is 10.9. The summed E-state index contributed by atoms with van der Waals surface area (Å²) in [7, 11) is 0. The molecule has 0 spiro atoms. The summed E-state index contributed by atoms with van der Waals surface area (Å²) >= 11 is 1.57. The van der Waals surface area contributed by atoms with Crippen molar-refractivity contribution in [2.75, 3.05) is 10.6 Å². The van der Waals surface area contributed by atoms with Crippen LogP contribution in [-0.2, 0) is 6.54 Å². The molecule has 1 aromatic carbocycles. The van der Waals surface area contributed by atoms with Crippen LogP contribution in [-0.4, -0.2) is 21.0 Å². The minimum atomic E-state index is -0.580. The Labute approximate surface area is 159 Å². The van der Waals surface area contributed by atoms with Crippen molar-refractivity contribution >= 4 is 39.1 Å². The van der Waals surface area contributed by atoms with E-state index in [9.17, 15) is 4.79 Å². The summed E-state index contributed by atoms with van der Waals surface area (Å²) in [6.07, 6.45) is 1.73. The Morgan fingerprint density at radius 1 is 1.07 bits per heavy atom. The lowest BCUT2D eigenvalue weighted by Gasteiger charge is -2.09. The van der Waals surface area contributed by atoms with E-state index in [1.165, 1.54) is 0 Å². The van der Waals surface area contributed by atoms with Gasteiger partial charge in [-0.2, -0.15) is 0 Å². The average molecular weight is 376 g/mol. The minimum Gasteiger partial charge on any atom is -0.365 e. The molecular weight excluding hydrogens is 360 g/mol. The Hall–Kier alpha value is -3.52. The molecule has 0 bridgehead atoms. The molecule has 27 heavy (non-hydrogen) atoms. The van der Waals surface area contributed by atoms with Crippen LogP contribution in [0.25, 0.3) is 21.7 Å². The van der Waals surface area contributed by atoms with Gasteiger partial charge in [0, 0.05) is 18.4 Å². The Morgan fingerprint density at radius 3 is 2.67 bits per heavy atom. The van der Waals surface area contributed by atoms with E-state index in [2.05, 4.69) is 25.6 Å².